The second kappa shape index (κ2) is 8.35. The van der Waals surface area contributed by atoms with Gasteiger partial charge in [-0.25, -0.2) is 14.4 Å². The second-order valence-electron chi connectivity index (χ2n) is 6.62. The van der Waals surface area contributed by atoms with E-state index in [1.54, 1.807) is 34.9 Å². The van der Waals surface area contributed by atoms with Gasteiger partial charge in [0.25, 0.3) is 0 Å². The topological polar surface area (TPSA) is 107 Å². The summed E-state index contributed by atoms with van der Waals surface area (Å²) in [5.41, 5.74) is 2.57. The van der Waals surface area contributed by atoms with Crippen LogP contribution in [0.5, 0.6) is 5.75 Å². The van der Waals surface area contributed by atoms with E-state index in [-0.39, 0.29) is 11.6 Å². The number of thiazole rings is 1. The Balaban J connectivity index is 1.81. The van der Waals surface area contributed by atoms with E-state index in [2.05, 4.69) is 16.0 Å². The number of nitriles is 1. The molecule has 2 N–H and O–H groups in total. The Hall–Kier alpha value is -3.46. The van der Waals surface area contributed by atoms with Gasteiger partial charge in [0.1, 0.15) is 39.7 Å². The first kappa shape index (κ1) is 20.8. The molecule has 156 valence electrons. The molecule has 0 aliphatic carbocycles. The van der Waals surface area contributed by atoms with Crippen molar-refractivity contribution in [3.8, 4) is 23.1 Å². The summed E-state index contributed by atoms with van der Waals surface area (Å²) in [5, 5.41) is 28.4. The number of hydrogen-bond acceptors (Lipinski definition) is 8. The molecule has 0 atom stereocenters. The van der Waals surface area contributed by atoms with E-state index in [1.807, 2.05) is 18.9 Å². The maximum absolute atomic E-state index is 13.3. The number of anilines is 2. The molecular weight excluding hydrogens is 420 g/mol. The van der Waals surface area contributed by atoms with Gasteiger partial charge in [0.05, 0.1) is 11.9 Å². The maximum Gasteiger partial charge on any atom is 0.707 e. The lowest BCUT2D eigenvalue weighted by Crippen LogP contribution is -2.20. The molecule has 0 aliphatic heterocycles. The minimum absolute atomic E-state index is 0.251. The van der Waals surface area contributed by atoms with Crippen LogP contribution in [0, 0.1) is 17.1 Å². The van der Waals surface area contributed by atoms with E-state index in [4.69, 9.17) is 14.7 Å². The van der Waals surface area contributed by atoms with Gasteiger partial charge in [-0.15, -0.1) is 0 Å². The van der Waals surface area contributed by atoms with Crippen molar-refractivity contribution in [3.05, 3.63) is 59.0 Å². The predicted molar refractivity (Wildman–Crippen MR) is 116 cm³/mol. The summed E-state index contributed by atoms with van der Waals surface area (Å²) in [7, 11) is -0.130. The highest BCUT2D eigenvalue weighted by Gasteiger charge is 2.22. The van der Waals surface area contributed by atoms with E-state index in [0.717, 1.165) is 5.69 Å². The molecular formula is C20H17BFN5O3S. The number of hydrogen-bond donors (Lipinski definition) is 2. The van der Waals surface area contributed by atoms with Crippen molar-refractivity contribution in [2.45, 2.75) is 13.3 Å². The van der Waals surface area contributed by atoms with Gasteiger partial charge in [-0.3, -0.25) is 4.40 Å². The number of pyridine rings is 1. The highest BCUT2D eigenvalue weighted by molar-refractivity contribution is 7.16. The van der Waals surface area contributed by atoms with E-state index >= 15 is 0 Å². The molecule has 3 aromatic heterocycles. The van der Waals surface area contributed by atoms with Crippen molar-refractivity contribution in [3.63, 3.8) is 0 Å². The van der Waals surface area contributed by atoms with E-state index < -0.39 is 7.32 Å². The first-order valence-corrected chi connectivity index (χ1v) is 10.2. The predicted octanol–water partition coefficient (Wildman–Crippen LogP) is 3.15. The van der Waals surface area contributed by atoms with Gasteiger partial charge in [0.2, 0.25) is 0 Å². The summed E-state index contributed by atoms with van der Waals surface area (Å²) >= 11 is 1.22. The van der Waals surface area contributed by atoms with Gasteiger partial charge in [0.15, 0.2) is 5.13 Å². The van der Waals surface area contributed by atoms with Crippen LogP contribution in [0.25, 0.3) is 16.9 Å². The largest absolute Gasteiger partial charge is 0.707 e. The van der Waals surface area contributed by atoms with E-state index in [9.17, 15) is 9.65 Å². The summed E-state index contributed by atoms with van der Waals surface area (Å²) < 4.78 is 20.0. The monoisotopic (exact) mass is 437 g/mol. The van der Waals surface area contributed by atoms with Gasteiger partial charge in [0, 0.05) is 12.6 Å². The molecule has 4 aromatic rings. The number of rotatable bonds is 6. The van der Waals surface area contributed by atoms with Crippen LogP contribution in [0.3, 0.4) is 0 Å². The molecule has 0 saturated carbocycles. The zero-order valence-electron chi connectivity index (χ0n) is 16.7. The summed E-state index contributed by atoms with van der Waals surface area (Å²) in [6.07, 6.45) is 2.24. The number of benzene rings is 1. The molecule has 0 amide bonds. The van der Waals surface area contributed by atoms with Crippen molar-refractivity contribution >= 4 is 35.3 Å². The fourth-order valence-electron chi connectivity index (χ4n) is 3.27. The summed E-state index contributed by atoms with van der Waals surface area (Å²) in [5.74, 6) is 0.597. The molecule has 0 bridgehead atoms. The van der Waals surface area contributed by atoms with Crippen molar-refractivity contribution in [2.24, 2.45) is 0 Å². The first-order chi connectivity index (χ1) is 14.9. The summed E-state index contributed by atoms with van der Waals surface area (Å²) in [4.78, 5) is 11.5. The molecule has 0 radical (unpaired) electrons. The molecule has 4 rings (SSSR count). The third kappa shape index (κ3) is 3.96. The van der Waals surface area contributed by atoms with Crippen molar-refractivity contribution in [2.75, 3.05) is 11.9 Å². The van der Waals surface area contributed by atoms with Crippen LogP contribution in [0.15, 0.2) is 42.6 Å². The second-order valence-corrected chi connectivity index (χ2v) is 7.60. The Kier molecular flexibility index (Phi) is 5.60. The van der Waals surface area contributed by atoms with Crippen LogP contribution in [0.4, 0.5) is 15.3 Å². The summed E-state index contributed by atoms with van der Waals surface area (Å²) in [6, 6.07) is 11.3. The SMILES string of the molecule is CCc1nc2ccc(OB(O)O)cn2c1N(C)c1nc(-c2ccc(F)cc2)c(C#N)s1. The van der Waals surface area contributed by atoms with Crippen molar-refractivity contribution in [1.29, 1.82) is 5.26 Å². The Morgan fingerprint density at radius 2 is 1.97 bits per heavy atom. The molecule has 11 heteroatoms. The number of imidazole rings is 1. The fraction of sp³-hybridized carbons (Fsp3) is 0.150. The minimum atomic E-state index is -1.94. The summed E-state index contributed by atoms with van der Waals surface area (Å²) in [6.45, 7) is 1.97. The zero-order chi connectivity index (χ0) is 22.1. The molecule has 31 heavy (non-hydrogen) atoms. The highest BCUT2D eigenvalue weighted by atomic mass is 32.1. The lowest BCUT2D eigenvalue weighted by Gasteiger charge is -2.17. The molecule has 1 aromatic carbocycles. The van der Waals surface area contributed by atoms with E-state index in [0.29, 0.717) is 39.2 Å². The molecule has 0 fully saturated rings. The zero-order valence-corrected chi connectivity index (χ0v) is 17.5. The molecule has 0 saturated heterocycles. The van der Waals surface area contributed by atoms with Gasteiger partial charge in [-0.05, 0) is 42.8 Å². The highest BCUT2D eigenvalue weighted by Crippen LogP contribution is 2.37. The molecule has 3 heterocycles. The number of fused-ring (bicyclic) bond motifs is 1. The maximum atomic E-state index is 13.3. The van der Waals surface area contributed by atoms with Crippen LogP contribution in [0.1, 0.15) is 17.5 Å². The van der Waals surface area contributed by atoms with E-state index in [1.165, 1.54) is 23.5 Å². The van der Waals surface area contributed by atoms with Crippen LogP contribution >= 0.6 is 11.3 Å². The fourth-order valence-corrected chi connectivity index (χ4v) is 4.12. The number of aryl methyl sites for hydroxylation is 1. The third-order valence-electron chi connectivity index (χ3n) is 4.65. The van der Waals surface area contributed by atoms with Crippen LogP contribution in [-0.2, 0) is 6.42 Å². The smallest absolute Gasteiger partial charge is 0.511 e. The van der Waals surface area contributed by atoms with Crippen LogP contribution < -0.4 is 9.55 Å². The van der Waals surface area contributed by atoms with Gasteiger partial charge in [-0.2, -0.15) is 5.26 Å². The van der Waals surface area contributed by atoms with Gasteiger partial charge < -0.3 is 19.6 Å². The standard InChI is InChI=1S/C20H17BFN5O3S/c1-3-15-19(27-11-14(30-21(28)29)8-9-17(27)24-15)26(2)20-25-18(16(10-23)31-20)12-4-6-13(22)7-5-12/h4-9,11,28-29H,3H2,1-2H3. The molecule has 0 unspecified atom stereocenters. The average molecular weight is 437 g/mol. The molecule has 0 aliphatic rings. The Bertz CT molecular complexity index is 1280. The van der Waals surface area contributed by atoms with Gasteiger partial charge >= 0.3 is 7.32 Å². The van der Waals surface area contributed by atoms with Gasteiger partial charge in [-0.1, -0.05) is 18.3 Å². The Morgan fingerprint density at radius 1 is 1.23 bits per heavy atom. The lowest BCUT2D eigenvalue weighted by molar-refractivity contribution is 0.287. The number of aromatic nitrogens is 3. The van der Waals surface area contributed by atoms with Crippen LogP contribution in [0.2, 0.25) is 0 Å². The van der Waals surface area contributed by atoms with Crippen molar-refractivity contribution < 1.29 is 19.1 Å². The Labute approximate surface area is 181 Å². The van der Waals surface area contributed by atoms with Crippen molar-refractivity contribution in [1.82, 2.24) is 14.4 Å². The average Bonchev–Trinajstić information content (AvgIpc) is 3.34. The molecule has 8 nitrogen and oxygen atoms in total. The van der Waals surface area contributed by atoms with Crippen LogP contribution in [-0.4, -0.2) is 38.8 Å². The first-order valence-electron chi connectivity index (χ1n) is 9.35. The lowest BCUT2D eigenvalue weighted by atomic mass is 10.1. The molecule has 0 spiro atoms. The third-order valence-corrected chi connectivity index (χ3v) is 5.69. The number of nitrogens with zero attached hydrogens (tertiary/aromatic N) is 5. The number of halogens is 1. The minimum Gasteiger partial charge on any atom is -0.511 e. The quantitative estimate of drug-likeness (QED) is 0.447. The normalized spacial score (nSPS) is 10.8. The Morgan fingerprint density at radius 3 is 2.61 bits per heavy atom.